The number of nitrogens with two attached hydrogens (primary N) is 1. The van der Waals surface area contributed by atoms with Gasteiger partial charge in [-0.3, -0.25) is 4.79 Å². The quantitative estimate of drug-likeness (QED) is 0.847. The third kappa shape index (κ3) is 3.15. The molecule has 0 aromatic heterocycles. The fourth-order valence-corrected chi connectivity index (χ4v) is 3.27. The maximum absolute atomic E-state index is 12.7. The molecule has 23 heavy (non-hydrogen) atoms. The zero-order chi connectivity index (χ0) is 17.3. The van der Waals surface area contributed by atoms with Gasteiger partial charge in [0, 0.05) is 18.4 Å². The largest absolute Gasteiger partial charge is 0.378 e. The fraction of sp³-hybridized carbons (Fsp3) is 0.632. The first-order valence-corrected chi connectivity index (χ1v) is 8.56. The average molecular weight is 318 g/mol. The van der Waals surface area contributed by atoms with Crippen molar-refractivity contribution in [1.29, 1.82) is 0 Å². The highest BCUT2D eigenvalue weighted by Gasteiger charge is 2.62. The van der Waals surface area contributed by atoms with Crippen molar-refractivity contribution in [2.45, 2.75) is 65.1 Å². The van der Waals surface area contributed by atoms with Gasteiger partial charge in [0.25, 0.3) is 0 Å². The van der Waals surface area contributed by atoms with Crippen molar-refractivity contribution >= 4 is 5.91 Å². The van der Waals surface area contributed by atoms with E-state index in [0.717, 1.165) is 12.0 Å². The Kier molecular flexibility index (Phi) is 5.17. The van der Waals surface area contributed by atoms with Crippen LogP contribution in [0.3, 0.4) is 0 Å². The fourth-order valence-electron chi connectivity index (χ4n) is 3.27. The van der Waals surface area contributed by atoms with Crippen molar-refractivity contribution in [3.05, 3.63) is 35.4 Å². The summed E-state index contributed by atoms with van der Waals surface area (Å²) in [6.45, 7) is 10.8. The molecule has 0 bridgehead atoms. The first-order chi connectivity index (χ1) is 10.8. The molecule has 1 aliphatic carbocycles. The van der Waals surface area contributed by atoms with Crippen LogP contribution in [0, 0.1) is 5.41 Å². The van der Waals surface area contributed by atoms with Gasteiger partial charge in [0.2, 0.25) is 5.91 Å². The SMILES string of the molecule is CCOC1CC(N)(C(=O)NC(C)c2ccc(CC)cc2)C1(C)C. The van der Waals surface area contributed by atoms with Crippen molar-refractivity contribution < 1.29 is 9.53 Å². The molecule has 1 aliphatic rings. The summed E-state index contributed by atoms with van der Waals surface area (Å²) in [6, 6.07) is 8.29. The van der Waals surface area contributed by atoms with E-state index in [9.17, 15) is 4.79 Å². The van der Waals surface area contributed by atoms with Crippen molar-refractivity contribution in [3.8, 4) is 0 Å². The van der Waals surface area contributed by atoms with Gasteiger partial charge >= 0.3 is 0 Å². The Hall–Kier alpha value is -1.39. The molecule has 2 rings (SSSR count). The predicted octanol–water partition coefficient (Wildman–Crippen LogP) is 2.96. The minimum absolute atomic E-state index is 0.0439. The van der Waals surface area contributed by atoms with E-state index in [-0.39, 0.29) is 23.5 Å². The summed E-state index contributed by atoms with van der Waals surface area (Å²) in [6.07, 6.45) is 1.63. The van der Waals surface area contributed by atoms with Crippen LogP contribution in [-0.2, 0) is 16.0 Å². The molecule has 0 spiro atoms. The Morgan fingerprint density at radius 3 is 2.43 bits per heavy atom. The second-order valence-electron chi connectivity index (χ2n) is 7.13. The van der Waals surface area contributed by atoms with E-state index >= 15 is 0 Å². The molecule has 1 saturated carbocycles. The average Bonchev–Trinajstić information content (AvgIpc) is 2.54. The number of benzene rings is 1. The Bertz CT molecular complexity index is 553. The monoisotopic (exact) mass is 318 g/mol. The highest BCUT2D eigenvalue weighted by atomic mass is 16.5. The molecule has 1 amide bonds. The van der Waals surface area contributed by atoms with Crippen molar-refractivity contribution in [2.24, 2.45) is 11.1 Å². The van der Waals surface area contributed by atoms with Gasteiger partial charge in [0.15, 0.2) is 0 Å². The first-order valence-electron chi connectivity index (χ1n) is 8.56. The maximum Gasteiger partial charge on any atom is 0.241 e. The number of amides is 1. The lowest BCUT2D eigenvalue weighted by Crippen LogP contribution is -2.75. The molecule has 1 aromatic carbocycles. The molecule has 3 atom stereocenters. The number of ether oxygens (including phenoxy) is 1. The van der Waals surface area contributed by atoms with E-state index in [1.54, 1.807) is 0 Å². The summed E-state index contributed by atoms with van der Waals surface area (Å²) in [5.74, 6) is -0.0921. The molecular weight excluding hydrogens is 288 g/mol. The summed E-state index contributed by atoms with van der Waals surface area (Å²) in [4.78, 5) is 12.7. The summed E-state index contributed by atoms with van der Waals surface area (Å²) >= 11 is 0. The number of hydrogen-bond acceptors (Lipinski definition) is 3. The second-order valence-corrected chi connectivity index (χ2v) is 7.13. The van der Waals surface area contributed by atoms with Gasteiger partial charge in [0.1, 0.15) is 5.54 Å². The van der Waals surface area contributed by atoms with Gasteiger partial charge in [-0.25, -0.2) is 0 Å². The normalized spacial score (nSPS) is 27.1. The van der Waals surface area contributed by atoms with E-state index < -0.39 is 5.54 Å². The first kappa shape index (κ1) is 18.0. The van der Waals surface area contributed by atoms with Crippen LogP contribution < -0.4 is 11.1 Å². The molecule has 4 nitrogen and oxygen atoms in total. The van der Waals surface area contributed by atoms with Gasteiger partial charge in [-0.2, -0.15) is 0 Å². The molecule has 3 N–H and O–H groups in total. The van der Waals surface area contributed by atoms with Crippen LogP contribution in [0.5, 0.6) is 0 Å². The number of rotatable bonds is 6. The summed E-state index contributed by atoms with van der Waals surface area (Å²) < 4.78 is 5.69. The number of carbonyl (C=O) groups is 1. The molecule has 0 aliphatic heterocycles. The maximum atomic E-state index is 12.7. The molecule has 4 heteroatoms. The molecule has 128 valence electrons. The molecule has 1 fully saturated rings. The van der Waals surface area contributed by atoms with Gasteiger partial charge in [0.05, 0.1) is 12.1 Å². The van der Waals surface area contributed by atoms with E-state index in [0.29, 0.717) is 13.0 Å². The molecule has 0 heterocycles. The lowest BCUT2D eigenvalue weighted by molar-refractivity contribution is -0.171. The van der Waals surface area contributed by atoms with Gasteiger partial charge in [-0.15, -0.1) is 0 Å². The number of aryl methyl sites for hydroxylation is 1. The Morgan fingerprint density at radius 1 is 1.35 bits per heavy atom. The Morgan fingerprint density at radius 2 is 1.96 bits per heavy atom. The lowest BCUT2D eigenvalue weighted by atomic mass is 9.54. The van der Waals surface area contributed by atoms with Gasteiger partial charge < -0.3 is 15.8 Å². The Balaban J connectivity index is 2.03. The third-order valence-corrected chi connectivity index (χ3v) is 5.47. The zero-order valence-electron chi connectivity index (χ0n) is 15.0. The topological polar surface area (TPSA) is 64.3 Å². The van der Waals surface area contributed by atoms with E-state index in [1.807, 2.05) is 27.7 Å². The van der Waals surface area contributed by atoms with E-state index in [1.165, 1.54) is 5.56 Å². The van der Waals surface area contributed by atoms with Crippen LogP contribution in [0.2, 0.25) is 0 Å². The zero-order valence-corrected chi connectivity index (χ0v) is 15.0. The van der Waals surface area contributed by atoms with E-state index in [4.69, 9.17) is 10.5 Å². The van der Waals surface area contributed by atoms with Crippen LogP contribution in [0.25, 0.3) is 0 Å². The van der Waals surface area contributed by atoms with Gasteiger partial charge in [-0.1, -0.05) is 45.0 Å². The van der Waals surface area contributed by atoms with Crippen molar-refractivity contribution in [1.82, 2.24) is 5.32 Å². The summed E-state index contributed by atoms with van der Waals surface area (Å²) in [7, 11) is 0. The minimum atomic E-state index is -0.871. The minimum Gasteiger partial charge on any atom is -0.378 e. The number of nitrogens with one attached hydrogen (secondary N) is 1. The summed E-state index contributed by atoms with van der Waals surface area (Å²) in [5.41, 5.74) is 7.58. The Labute approximate surface area is 139 Å². The number of hydrogen-bond donors (Lipinski definition) is 2. The predicted molar refractivity (Wildman–Crippen MR) is 93.1 cm³/mol. The van der Waals surface area contributed by atoms with Crippen LogP contribution in [-0.4, -0.2) is 24.2 Å². The molecular formula is C19H30N2O2. The molecule has 0 saturated heterocycles. The van der Waals surface area contributed by atoms with Crippen LogP contribution in [0.4, 0.5) is 0 Å². The molecule has 3 unspecified atom stereocenters. The highest BCUT2D eigenvalue weighted by molar-refractivity contribution is 5.89. The van der Waals surface area contributed by atoms with Crippen molar-refractivity contribution in [2.75, 3.05) is 6.61 Å². The van der Waals surface area contributed by atoms with Gasteiger partial charge in [-0.05, 0) is 31.4 Å². The smallest absolute Gasteiger partial charge is 0.241 e. The molecule has 1 aromatic rings. The van der Waals surface area contributed by atoms with Crippen LogP contribution in [0.1, 0.15) is 58.2 Å². The van der Waals surface area contributed by atoms with Crippen molar-refractivity contribution in [3.63, 3.8) is 0 Å². The van der Waals surface area contributed by atoms with Crippen LogP contribution >= 0.6 is 0 Å². The highest BCUT2D eigenvalue weighted by Crippen LogP contribution is 2.50. The van der Waals surface area contributed by atoms with Crippen LogP contribution in [0.15, 0.2) is 24.3 Å². The summed E-state index contributed by atoms with van der Waals surface area (Å²) in [5, 5.41) is 3.07. The second kappa shape index (κ2) is 6.62. The van der Waals surface area contributed by atoms with E-state index in [2.05, 4.69) is 36.5 Å². The third-order valence-electron chi connectivity index (χ3n) is 5.47. The standard InChI is InChI=1S/C19H30N2O2/c1-6-14-8-10-15(11-9-14)13(3)21-17(22)19(20)12-16(23-7-2)18(19,4)5/h8-11,13,16H,6-7,12,20H2,1-5H3,(H,21,22). The lowest BCUT2D eigenvalue weighted by Gasteiger charge is -2.57. The molecule has 0 radical (unpaired) electrons. The number of carbonyl (C=O) groups excluding carboxylic acids is 1.